The van der Waals surface area contributed by atoms with Crippen LogP contribution in [-0.2, 0) is 6.54 Å². The fourth-order valence-electron chi connectivity index (χ4n) is 1.30. The standard InChI is InChI=1S/C11H11ClN4/c12-9-4-2-1-3-8(9)7-15-10-5-6-14-11(13)16-10/h1-6H,7H2,(H3,13,14,15,16). The summed E-state index contributed by atoms with van der Waals surface area (Å²) in [5.74, 6) is 0.941. The average Bonchev–Trinajstić information content (AvgIpc) is 2.28. The molecule has 0 aliphatic rings. The number of nitrogens with zero attached hydrogens (tertiary/aromatic N) is 2. The lowest BCUT2D eigenvalue weighted by Gasteiger charge is -2.06. The Labute approximate surface area is 98.5 Å². The third kappa shape index (κ3) is 2.61. The number of rotatable bonds is 3. The maximum atomic E-state index is 6.02. The second-order valence-electron chi connectivity index (χ2n) is 3.25. The summed E-state index contributed by atoms with van der Waals surface area (Å²) in [4.78, 5) is 7.84. The molecular formula is C11H11ClN4. The van der Waals surface area contributed by atoms with E-state index < -0.39 is 0 Å². The van der Waals surface area contributed by atoms with Crippen LogP contribution in [0.4, 0.5) is 11.8 Å². The summed E-state index contributed by atoms with van der Waals surface area (Å²) in [6.45, 7) is 0.607. The van der Waals surface area contributed by atoms with Crippen molar-refractivity contribution in [1.82, 2.24) is 9.97 Å². The van der Waals surface area contributed by atoms with Gasteiger partial charge in [-0.15, -0.1) is 0 Å². The van der Waals surface area contributed by atoms with E-state index in [9.17, 15) is 0 Å². The highest BCUT2D eigenvalue weighted by molar-refractivity contribution is 6.31. The molecule has 0 spiro atoms. The number of hydrogen-bond acceptors (Lipinski definition) is 4. The average molecular weight is 235 g/mol. The minimum atomic E-state index is 0.254. The Morgan fingerprint density at radius 2 is 2.06 bits per heavy atom. The van der Waals surface area contributed by atoms with E-state index in [1.165, 1.54) is 0 Å². The minimum absolute atomic E-state index is 0.254. The highest BCUT2D eigenvalue weighted by Crippen LogP contribution is 2.16. The van der Waals surface area contributed by atoms with Crippen LogP contribution in [0.25, 0.3) is 0 Å². The fraction of sp³-hybridized carbons (Fsp3) is 0.0909. The zero-order valence-electron chi connectivity index (χ0n) is 8.52. The smallest absolute Gasteiger partial charge is 0.221 e. The van der Waals surface area contributed by atoms with Crippen LogP contribution in [0.1, 0.15) is 5.56 Å². The van der Waals surface area contributed by atoms with Crippen LogP contribution >= 0.6 is 11.6 Å². The number of anilines is 2. The van der Waals surface area contributed by atoms with Gasteiger partial charge < -0.3 is 11.1 Å². The van der Waals surface area contributed by atoms with Crippen LogP contribution in [0.5, 0.6) is 0 Å². The Morgan fingerprint density at radius 3 is 2.81 bits per heavy atom. The van der Waals surface area contributed by atoms with Crippen molar-refractivity contribution in [3.05, 3.63) is 47.1 Å². The van der Waals surface area contributed by atoms with Gasteiger partial charge in [0.05, 0.1) is 0 Å². The van der Waals surface area contributed by atoms with Gasteiger partial charge in [0.1, 0.15) is 5.82 Å². The van der Waals surface area contributed by atoms with Crippen LogP contribution in [0.3, 0.4) is 0 Å². The Kier molecular flexibility index (Phi) is 3.22. The minimum Gasteiger partial charge on any atom is -0.368 e. The lowest BCUT2D eigenvalue weighted by atomic mass is 10.2. The molecule has 0 radical (unpaired) electrons. The summed E-state index contributed by atoms with van der Waals surface area (Å²) in [6.07, 6.45) is 1.61. The van der Waals surface area contributed by atoms with Crippen molar-refractivity contribution in [2.45, 2.75) is 6.54 Å². The quantitative estimate of drug-likeness (QED) is 0.856. The lowest BCUT2D eigenvalue weighted by molar-refractivity contribution is 1.09. The first-order chi connectivity index (χ1) is 7.75. The Bertz CT molecular complexity index is 487. The summed E-state index contributed by atoms with van der Waals surface area (Å²) in [6, 6.07) is 9.41. The number of nitrogens with one attached hydrogen (secondary N) is 1. The number of nitrogen functional groups attached to an aromatic ring is 1. The highest BCUT2D eigenvalue weighted by Gasteiger charge is 1.99. The van der Waals surface area contributed by atoms with Crippen molar-refractivity contribution in [1.29, 1.82) is 0 Å². The maximum Gasteiger partial charge on any atom is 0.221 e. The molecule has 1 heterocycles. The summed E-state index contributed by atoms with van der Waals surface area (Å²) >= 11 is 6.02. The second-order valence-corrected chi connectivity index (χ2v) is 3.65. The van der Waals surface area contributed by atoms with E-state index in [2.05, 4.69) is 15.3 Å². The van der Waals surface area contributed by atoms with Crippen molar-refractivity contribution >= 4 is 23.4 Å². The normalized spacial score (nSPS) is 10.1. The first kappa shape index (κ1) is 10.7. The molecule has 0 saturated carbocycles. The van der Waals surface area contributed by atoms with Gasteiger partial charge in [-0.25, -0.2) is 4.98 Å². The molecule has 2 aromatic rings. The summed E-state index contributed by atoms with van der Waals surface area (Å²) in [5.41, 5.74) is 6.48. The van der Waals surface area contributed by atoms with Crippen molar-refractivity contribution in [3.8, 4) is 0 Å². The van der Waals surface area contributed by atoms with E-state index in [-0.39, 0.29) is 5.95 Å². The first-order valence-electron chi connectivity index (χ1n) is 4.81. The van der Waals surface area contributed by atoms with E-state index in [1.54, 1.807) is 12.3 Å². The topological polar surface area (TPSA) is 63.8 Å². The molecule has 0 fully saturated rings. The third-order valence-electron chi connectivity index (χ3n) is 2.09. The fourth-order valence-corrected chi connectivity index (χ4v) is 1.50. The molecule has 0 aliphatic heterocycles. The van der Waals surface area contributed by atoms with Crippen LogP contribution in [0.2, 0.25) is 5.02 Å². The van der Waals surface area contributed by atoms with Gasteiger partial charge in [0.15, 0.2) is 0 Å². The van der Waals surface area contributed by atoms with Crippen molar-refractivity contribution < 1.29 is 0 Å². The molecule has 5 heteroatoms. The summed E-state index contributed by atoms with van der Waals surface area (Å²) in [5, 5.41) is 3.86. The van der Waals surface area contributed by atoms with Gasteiger partial charge >= 0.3 is 0 Å². The van der Waals surface area contributed by atoms with E-state index >= 15 is 0 Å². The molecule has 3 N–H and O–H groups in total. The first-order valence-corrected chi connectivity index (χ1v) is 5.19. The predicted octanol–water partition coefficient (Wildman–Crippen LogP) is 2.32. The number of hydrogen-bond donors (Lipinski definition) is 2. The monoisotopic (exact) mass is 234 g/mol. The van der Waals surface area contributed by atoms with Crippen LogP contribution in [0, 0.1) is 0 Å². The molecular weight excluding hydrogens is 224 g/mol. The van der Waals surface area contributed by atoms with Crippen LogP contribution in [-0.4, -0.2) is 9.97 Å². The molecule has 0 saturated heterocycles. The van der Waals surface area contributed by atoms with E-state index in [4.69, 9.17) is 17.3 Å². The molecule has 1 aromatic carbocycles. The molecule has 0 atom stereocenters. The number of benzene rings is 1. The Hall–Kier alpha value is -1.81. The highest BCUT2D eigenvalue weighted by atomic mass is 35.5. The number of nitrogens with two attached hydrogens (primary N) is 1. The summed E-state index contributed by atoms with van der Waals surface area (Å²) < 4.78 is 0. The van der Waals surface area contributed by atoms with E-state index in [0.29, 0.717) is 12.4 Å². The van der Waals surface area contributed by atoms with Crippen molar-refractivity contribution in [3.63, 3.8) is 0 Å². The molecule has 1 aromatic heterocycles. The largest absolute Gasteiger partial charge is 0.368 e. The molecule has 0 unspecified atom stereocenters. The molecule has 82 valence electrons. The molecule has 16 heavy (non-hydrogen) atoms. The van der Waals surface area contributed by atoms with Gasteiger partial charge in [-0.2, -0.15) is 4.98 Å². The lowest BCUT2D eigenvalue weighted by Crippen LogP contribution is -2.04. The Balaban J connectivity index is 2.05. The zero-order valence-corrected chi connectivity index (χ0v) is 9.28. The second kappa shape index (κ2) is 4.81. The molecule has 4 nitrogen and oxygen atoms in total. The predicted molar refractivity (Wildman–Crippen MR) is 65.2 cm³/mol. The number of aromatic nitrogens is 2. The van der Waals surface area contributed by atoms with Gasteiger partial charge in [0, 0.05) is 17.8 Å². The van der Waals surface area contributed by atoms with E-state index in [1.807, 2.05) is 24.3 Å². The molecule has 2 rings (SSSR count). The van der Waals surface area contributed by atoms with Crippen molar-refractivity contribution in [2.75, 3.05) is 11.1 Å². The van der Waals surface area contributed by atoms with Crippen LogP contribution < -0.4 is 11.1 Å². The van der Waals surface area contributed by atoms with Crippen molar-refractivity contribution in [2.24, 2.45) is 0 Å². The van der Waals surface area contributed by atoms with Crippen LogP contribution in [0.15, 0.2) is 36.5 Å². The number of halogens is 1. The Morgan fingerprint density at radius 1 is 1.25 bits per heavy atom. The van der Waals surface area contributed by atoms with E-state index in [0.717, 1.165) is 10.6 Å². The molecule has 0 aliphatic carbocycles. The molecule has 0 amide bonds. The maximum absolute atomic E-state index is 6.02. The van der Waals surface area contributed by atoms with Gasteiger partial charge in [-0.3, -0.25) is 0 Å². The summed E-state index contributed by atoms with van der Waals surface area (Å²) in [7, 11) is 0. The van der Waals surface area contributed by atoms with Gasteiger partial charge in [-0.1, -0.05) is 29.8 Å². The van der Waals surface area contributed by atoms with Gasteiger partial charge in [-0.05, 0) is 17.7 Å². The van der Waals surface area contributed by atoms with Gasteiger partial charge in [0.25, 0.3) is 0 Å². The SMILES string of the molecule is Nc1nccc(NCc2ccccc2Cl)n1. The van der Waals surface area contributed by atoms with Gasteiger partial charge in [0.2, 0.25) is 5.95 Å². The third-order valence-corrected chi connectivity index (χ3v) is 2.46. The zero-order chi connectivity index (χ0) is 11.4. The molecule has 0 bridgehead atoms.